The van der Waals surface area contributed by atoms with Crippen molar-refractivity contribution in [2.24, 2.45) is 5.14 Å². The van der Waals surface area contributed by atoms with Crippen molar-refractivity contribution in [1.29, 1.82) is 0 Å². The van der Waals surface area contributed by atoms with Crippen molar-refractivity contribution >= 4 is 33.3 Å². The van der Waals surface area contributed by atoms with Gasteiger partial charge in [-0.25, -0.2) is 13.6 Å². The molecular weight excluding hydrogens is 336 g/mol. The molecule has 0 aliphatic rings. The Morgan fingerprint density at radius 3 is 2.52 bits per heavy atom. The SMILES string of the molecule is NS(=O)(=O)c1ccc(CNC(=O)C=Cc2cc(CO)cs2)cc1. The van der Waals surface area contributed by atoms with Crippen molar-refractivity contribution in [1.82, 2.24) is 5.32 Å². The molecule has 1 aromatic heterocycles. The molecule has 8 heteroatoms. The fourth-order valence-electron chi connectivity index (χ4n) is 1.77. The molecule has 1 amide bonds. The highest BCUT2D eigenvalue weighted by Gasteiger charge is 2.06. The summed E-state index contributed by atoms with van der Waals surface area (Å²) in [7, 11) is -3.71. The number of hydrogen-bond acceptors (Lipinski definition) is 5. The van der Waals surface area contributed by atoms with Gasteiger partial charge < -0.3 is 10.4 Å². The minimum absolute atomic E-state index is 0.0228. The predicted molar refractivity (Wildman–Crippen MR) is 88.9 cm³/mol. The first-order valence-electron chi connectivity index (χ1n) is 6.64. The first kappa shape index (κ1) is 17.4. The van der Waals surface area contributed by atoms with Gasteiger partial charge in [0.25, 0.3) is 0 Å². The van der Waals surface area contributed by atoms with Crippen LogP contribution in [0.15, 0.2) is 46.7 Å². The highest BCUT2D eigenvalue weighted by Crippen LogP contribution is 2.16. The van der Waals surface area contributed by atoms with Gasteiger partial charge in [-0.05, 0) is 40.8 Å². The smallest absolute Gasteiger partial charge is 0.244 e. The Labute approximate surface area is 138 Å². The molecule has 0 aliphatic heterocycles. The van der Waals surface area contributed by atoms with Crippen molar-refractivity contribution in [3.05, 3.63) is 57.8 Å². The van der Waals surface area contributed by atoms with Crippen molar-refractivity contribution < 1.29 is 18.3 Å². The maximum Gasteiger partial charge on any atom is 0.244 e. The van der Waals surface area contributed by atoms with Gasteiger partial charge >= 0.3 is 0 Å². The first-order valence-corrected chi connectivity index (χ1v) is 9.07. The van der Waals surface area contributed by atoms with Gasteiger partial charge in [0.2, 0.25) is 15.9 Å². The van der Waals surface area contributed by atoms with E-state index in [1.165, 1.54) is 29.5 Å². The second kappa shape index (κ2) is 7.51. The van der Waals surface area contributed by atoms with Crippen molar-refractivity contribution in [2.45, 2.75) is 18.0 Å². The van der Waals surface area contributed by atoms with E-state index in [0.29, 0.717) is 0 Å². The predicted octanol–water partition coefficient (Wildman–Crippen LogP) is 1.22. The van der Waals surface area contributed by atoms with Crippen LogP contribution in [-0.4, -0.2) is 19.4 Å². The molecule has 0 aliphatic carbocycles. The van der Waals surface area contributed by atoms with E-state index in [0.717, 1.165) is 16.0 Å². The third kappa shape index (κ3) is 5.29. The normalized spacial score (nSPS) is 11.7. The first-order chi connectivity index (χ1) is 10.9. The number of carbonyl (C=O) groups excluding carboxylic acids is 1. The van der Waals surface area contributed by atoms with Crippen LogP contribution >= 0.6 is 11.3 Å². The van der Waals surface area contributed by atoms with Crippen LogP contribution in [0.5, 0.6) is 0 Å². The summed E-state index contributed by atoms with van der Waals surface area (Å²) < 4.78 is 22.3. The standard InChI is InChI=1S/C15H16N2O4S2/c16-23(20,21)14-4-1-11(2-5-14)8-17-15(19)6-3-13-7-12(9-18)10-22-13/h1-7,10,18H,8-9H2,(H,17,19)(H2,16,20,21). The zero-order chi connectivity index (χ0) is 16.9. The van der Waals surface area contributed by atoms with Gasteiger partial charge in [0.1, 0.15) is 0 Å². The molecule has 0 atom stereocenters. The van der Waals surface area contributed by atoms with E-state index in [1.54, 1.807) is 24.3 Å². The molecule has 1 heterocycles. The third-order valence-electron chi connectivity index (χ3n) is 2.97. The topological polar surface area (TPSA) is 109 Å². The van der Waals surface area contributed by atoms with Crippen LogP contribution in [-0.2, 0) is 28.0 Å². The average Bonchev–Trinajstić information content (AvgIpc) is 2.98. The Bertz CT molecular complexity index is 808. The second-order valence-corrected chi connectivity index (χ2v) is 7.26. The summed E-state index contributed by atoms with van der Waals surface area (Å²) in [6.07, 6.45) is 3.08. The Kier molecular flexibility index (Phi) is 5.67. The molecule has 2 aromatic rings. The third-order valence-corrected chi connectivity index (χ3v) is 4.85. The summed E-state index contributed by atoms with van der Waals surface area (Å²) in [6, 6.07) is 7.79. The Morgan fingerprint density at radius 2 is 1.96 bits per heavy atom. The summed E-state index contributed by atoms with van der Waals surface area (Å²) in [6.45, 7) is 0.255. The van der Waals surface area contributed by atoms with Gasteiger partial charge in [0.05, 0.1) is 11.5 Å². The molecule has 4 N–H and O–H groups in total. The number of amides is 1. The highest BCUT2D eigenvalue weighted by atomic mass is 32.2. The van der Waals surface area contributed by atoms with E-state index >= 15 is 0 Å². The average molecular weight is 352 g/mol. The highest BCUT2D eigenvalue weighted by molar-refractivity contribution is 7.89. The molecule has 0 radical (unpaired) electrons. The number of primary sulfonamides is 1. The number of rotatable bonds is 6. The van der Waals surface area contributed by atoms with Crippen LogP contribution in [0, 0.1) is 0 Å². The van der Waals surface area contributed by atoms with Crippen molar-refractivity contribution in [2.75, 3.05) is 0 Å². The minimum atomic E-state index is -3.71. The molecule has 0 spiro atoms. The number of nitrogens with one attached hydrogen (secondary N) is 1. The van der Waals surface area contributed by atoms with Crippen LogP contribution in [0.4, 0.5) is 0 Å². The van der Waals surface area contributed by atoms with Gasteiger partial charge in [-0.1, -0.05) is 12.1 Å². The summed E-state index contributed by atoms with van der Waals surface area (Å²) in [5.74, 6) is -0.264. The number of sulfonamides is 1. The van der Waals surface area contributed by atoms with Gasteiger partial charge in [-0.2, -0.15) is 0 Å². The fourth-order valence-corrected chi connectivity index (χ4v) is 3.08. The Hall–Kier alpha value is -2.00. The summed E-state index contributed by atoms with van der Waals surface area (Å²) >= 11 is 1.44. The summed E-state index contributed by atoms with van der Waals surface area (Å²) in [5.41, 5.74) is 1.57. The monoisotopic (exact) mass is 352 g/mol. The molecule has 23 heavy (non-hydrogen) atoms. The van der Waals surface area contributed by atoms with Crippen molar-refractivity contribution in [3.63, 3.8) is 0 Å². The van der Waals surface area contributed by atoms with E-state index < -0.39 is 10.0 Å². The van der Waals surface area contributed by atoms with E-state index in [1.807, 2.05) is 5.38 Å². The maximum absolute atomic E-state index is 11.7. The molecule has 0 saturated heterocycles. The molecule has 0 saturated carbocycles. The van der Waals surface area contributed by atoms with Gasteiger partial charge in [-0.15, -0.1) is 11.3 Å². The number of aliphatic hydroxyl groups excluding tert-OH is 1. The van der Waals surface area contributed by atoms with E-state index in [-0.39, 0.29) is 24.0 Å². The second-order valence-electron chi connectivity index (χ2n) is 4.76. The van der Waals surface area contributed by atoms with E-state index in [4.69, 9.17) is 10.2 Å². The molecule has 2 rings (SSSR count). The lowest BCUT2D eigenvalue weighted by molar-refractivity contribution is -0.116. The number of carbonyl (C=O) groups is 1. The van der Waals surface area contributed by atoms with Crippen LogP contribution in [0.1, 0.15) is 16.0 Å². The van der Waals surface area contributed by atoms with Gasteiger partial charge in [-0.3, -0.25) is 4.79 Å². The molecule has 6 nitrogen and oxygen atoms in total. The lowest BCUT2D eigenvalue weighted by Gasteiger charge is -2.03. The number of aliphatic hydroxyl groups is 1. The number of thiophene rings is 1. The van der Waals surface area contributed by atoms with Gasteiger partial charge in [0.15, 0.2) is 0 Å². The molecule has 0 unspecified atom stereocenters. The lowest BCUT2D eigenvalue weighted by Crippen LogP contribution is -2.20. The van der Waals surface area contributed by atoms with Crippen molar-refractivity contribution in [3.8, 4) is 0 Å². The minimum Gasteiger partial charge on any atom is -0.392 e. The zero-order valence-electron chi connectivity index (χ0n) is 12.1. The molecule has 122 valence electrons. The Morgan fingerprint density at radius 1 is 1.26 bits per heavy atom. The molecule has 0 bridgehead atoms. The quantitative estimate of drug-likeness (QED) is 0.679. The van der Waals surface area contributed by atoms with Crippen LogP contribution < -0.4 is 10.5 Å². The van der Waals surface area contributed by atoms with E-state index in [2.05, 4.69) is 5.32 Å². The lowest BCUT2D eigenvalue weighted by atomic mass is 10.2. The number of hydrogen-bond donors (Lipinski definition) is 3. The summed E-state index contributed by atoms with van der Waals surface area (Å²) in [5, 5.41) is 18.5. The largest absolute Gasteiger partial charge is 0.392 e. The maximum atomic E-state index is 11.7. The Balaban J connectivity index is 1.89. The fraction of sp³-hybridized carbons (Fsp3) is 0.133. The molecule has 1 aromatic carbocycles. The van der Waals surface area contributed by atoms with Crippen LogP contribution in [0.3, 0.4) is 0 Å². The van der Waals surface area contributed by atoms with Gasteiger partial charge in [0, 0.05) is 17.5 Å². The number of benzene rings is 1. The molecule has 0 fully saturated rings. The van der Waals surface area contributed by atoms with Crippen LogP contribution in [0.2, 0.25) is 0 Å². The molecular formula is C15H16N2O4S2. The number of nitrogens with two attached hydrogens (primary N) is 1. The van der Waals surface area contributed by atoms with Crippen LogP contribution in [0.25, 0.3) is 6.08 Å². The summed E-state index contributed by atoms with van der Waals surface area (Å²) in [4.78, 5) is 12.6. The zero-order valence-corrected chi connectivity index (χ0v) is 13.7. The van der Waals surface area contributed by atoms with E-state index in [9.17, 15) is 13.2 Å².